The number of benzene rings is 1. The molecule has 0 saturated heterocycles. The molecule has 5 heteroatoms. The van der Waals surface area contributed by atoms with E-state index in [9.17, 15) is 9.59 Å². The number of aryl methyl sites for hydroxylation is 1. The normalized spacial score (nSPS) is 29.9. The van der Waals surface area contributed by atoms with Gasteiger partial charge < -0.3 is 14.2 Å². The lowest BCUT2D eigenvalue weighted by atomic mass is 9.54. The Hall–Kier alpha value is -2.04. The summed E-state index contributed by atoms with van der Waals surface area (Å²) < 4.78 is 15.4. The van der Waals surface area contributed by atoms with Crippen molar-refractivity contribution in [2.24, 2.45) is 17.3 Å². The third-order valence-electron chi connectivity index (χ3n) is 6.59. The zero-order valence-corrected chi connectivity index (χ0v) is 16.0. The number of ether oxygens (including phenoxy) is 3. The largest absolute Gasteiger partial charge is 0.497 e. The van der Waals surface area contributed by atoms with Gasteiger partial charge in [0.2, 0.25) is 0 Å². The molecule has 0 unspecified atom stereocenters. The highest BCUT2D eigenvalue weighted by Gasteiger charge is 2.53. The van der Waals surface area contributed by atoms with Gasteiger partial charge >= 0.3 is 11.9 Å². The SMILES string of the molecule is COC(=O)C[C@@H]1[C@@H]2CCc3cc(OC)ccc3[C@H]2CC[C@]1(C)C(=O)OC. The van der Waals surface area contributed by atoms with Gasteiger partial charge in [0.15, 0.2) is 0 Å². The average Bonchev–Trinajstić information content (AvgIpc) is 2.68. The zero-order chi connectivity index (χ0) is 18.9. The summed E-state index contributed by atoms with van der Waals surface area (Å²) in [6, 6.07) is 6.28. The van der Waals surface area contributed by atoms with Crippen LogP contribution < -0.4 is 4.74 Å². The molecular formula is C21H28O5. The van der Waals surface area contributed by atoms with Crippen molar-refractivity contribution in [3.8, 4) is 5.75 Å². The van der Waals surface area contributed by atoms with Gasteiger partial charge in [-0.3, -0.25) is 9.59 Å². The molecule has 142 valence electrons. The fraction of sp³-hybridized carbons (Fsp3) is 0.619. The molecule has 0 heterocycles. The third-order valence-corrected chi connectivity index (χ3v) is 6.59. The van der Waals surface area contributed by atoms with Crippen molar-refractivity contribution in [3.05, 3.63) is 29.3 Å². The average molecular weight is 360 g/mol. The van der Waals surface area contributed by atoms with E-state index in [0.29, 0.717) is 12.3 Å². The molecule has 5 nitrogen and oxygen atoms in total. The van der Waals surface area contributed by atoms with Crippen LogP contribution in [0.3, 0.4) is 0 Å². The van der Waals surface area contributed by atoms with Crippen molar-refractivity contribution in [2.45, 2.75) is 44.9 Å². The minimum atomic E-state index is -0.645. The van der Waals surface area contributed by atoms with E-state index in [1.54, 1.807) is 7.11 Å². The number of hydrogen-bond acceptors (Lipinski definition) is 5. The molecule has 0 amide bonds. The van der Waals surface area contributed by atoms with Crippen LogP contribution in [0.1, 0.15) is 49.7 Å². The number of esters is 2. The lowest BCUT2D eigenvalue weighted by Gasteiger charge is -2.50. The highest BCUT2D eigenvalue weighted by atomic mass is 16.5. The zero-order valence-electron chi connectivity index (χ0n) is 16.0. The molecular weight excluding hydrogens is 332 g/mol. The van der Waals surface area contributed by atoms with Crippen molar-refractivity contribution in [3.63, 3.8) is 0 Å². The first kappa shape index (κ1) is 18.7. The van der Waals surface area contributed by atoms with E-state index < -0.39 is 5.41 Å². The smallest absolute Gasteiger partial charge is 0.311 e. The first-order valence-corrected chi connectivity index (χ1v) is 9.26. The molecule has 1 fully saturated rings. The van der Waals surface area contributed by atoms with Crippen LogP contribution in [0, 0.1) is 17.3 Å². The number of fused-ring (bicyclic) bond motifs is 3. The van der Waals surface area contributed by atoms with E-state index >= 15 is 0 Å². The van der Waals surface area contributed by atoms with E-state index in [2.05, 4.69) is 12.1 Å². The second kappa shape index (κ2) is 7.29. The Morgan fingerprint density at radius 3 is 2.58 bits per heavy atom. The number of carbonyl (C=O) groups is 2. The minimum Gasteiger partial charge on any atom is -0.497 e. The molecule has 0 aliphatic heterocycles. The van der Waals surface area contributed by atoms with Crippen molar-refractivity contribution in [1.82, 2.24) is 0 Å². The maximum Gasteiger partial charge on any atom is 0.311 e. The summed E-state index contributed by atoms with van der Waals surface area (Å²) in [5, 5.41) is 0. The Morgan fingerprint density at radius 2 is 1.92 bits per heavy atom. The lowest BCUT2D eigenvalue weighted by molar-refractivity contribution is -0.163. The molecule has 4 atom stereocenters. The second-order valence-corrected chi connectivity index (χ2v) is 7.71. The van der Waals surface area contributed by atoms with Gasteiger partial charge in [-0.25, -0.2) is 0 Å². The lowest BCUT2D eigenvalue weighted by Crippen LogP contribution is -2.48. The topological polar surface area (TPSA) is 61.8 Å². The maximum atomic E-state index is 12.6. The summed E-state index contributed by atoms with van der Waals surface area (Å²) in [5.74, 6) is 0.960. The highest BCUT2D eigenvalue weighted by molar-refractivity contribution is 5.79. The predicted molar refractivity (Wildman–Crippen MR) is 97.0 cm³/mol. The Balaban J connectivity index is 1.97. The van der Waals surface area contributed by atoms with Gasteiger partial charge in [0, 0.05) is 6.42 Å². The van der Waals surface area contributed by atoms with Crippen LogP contribution in [0.25, 0.3) is 0 Å². The Morgan fingerprint density at radius 1 is 1.15 bits per heavy atom. The summed E-state index contributed by atoms with van der Waals surface area (Å²) in [6.45, 7) is 1.95. The monoisotopic (exact) mass is 360 g/mol. The summed E-state index contributed by atoms with van der Waals surface area (Å²) in [5.41, 5.74) is 2.02. The van der Waals surface area contributed by atoms with Crippen molar-refractivity contribution in [2.75, 3.05) is 21.3 Å². The van der Waals surface area contributed by atoms with Crippen LogP contribution in [0.2, 0.25) is 0 Å². The standard InChI is InChI=1S/C21H28O5/c1-21(20(23)26-4)10-9-16-15-8-6-14(24-2)11-13(15)5-7-17(16)18(21)12-19(22)25-3/h6,8,11,16-18H,5,7,9-10,12H2,1-4H3/t16-,17-,18-,21+/m1/s1. The molecule has 1 aromatic rings. The Labute approximate surface area is 155 Å². The fourth-order valence-electron chi connectivity index (χ4n) is 5.13. The Bertz CT molecular complexity index is 698. The molecule has 0 radical (unpaired) electrons. The molecule has 1 aromatic carbocycles. The van der Waals surface area contributed by atoms with E-state index in [0.717, 1.165) is 25.0 Å². The maximum absolute atomic E-state index is 12.6. The highest BCUT2D eigenvalue weighted by Crippen LogP contribution is 2.56. The van der Waals surface area contributed by atoms with Crippen LogP contribution >= 0.6 is 0 Å². The van der Waals surface area contributed by atoms with Crippen LogP contribution in [0.15, 0.2) is 18.2 Å². The van der Waals surface area contributed by atoms with E-state index in [1.807, 2.05) is 13.0 Å². The van der Waals surface area contributed by atoms with Gasteiger partial charge in [0.25, 0.3) is 0 Å². The molecule has 2 aliphatic rings. The van der Waals surface area contributed by atoms with E-state index in [1.165, 1.54) is 25.3 Å². The first-order valence-electron chi connectivity index (χ1n) is 9.26. The summed E-state index contributed by atoms with van der Waals surface area (Å²) in [6.07, 6.45) is 3.79. The fourth-order valence-corrected chi connectivity index (χ4v) is 5.13. The predicted octanol–water partition coefficient (Wildman–Crippen LogP) is 3.49. The molecule has 3 rings (SSSR count). The Kier molecular flexibility index (Phi) is 5.26. The van der Waals surface area contributed by atoms with Gasteiger partial charge in [-0.15, -0.1) is 0 Å². The molecule has 0 spiro atoms. The number of hydrogen-bond donors (Lipinski definition) is 0. The van der Waals surface area contributed by atoms with Gasteiger partial charge in [-0.1, -0.05) is 6.07 Å². The summed E-state index contributed by atoms with van der Waals surface area (Å²) in [4.78, 5) is 24.7. The van der Waals surface area contributed by atoms with Crippen LogP contribution in [0.4, 0.5) is 0 Å². The number of methoxy groups -OCH3 is 3. The van der Waals surface area contributed by atoms with Gasteiger partial charge in [0.1, 0.15) is 5.75 Å². The summed E-state index contributed by atoms with van der Waals surface area (Å²) >= 11 is 0. The van der Waals surface area contributed by atoms with Crippen LogP contribution in [-0.2, 0) is 25.5 Å². The second-order valence-electron chi connectivity index (χ2n) is 7.71. The van der Waals surface area contributed by atoms with Crippen molar-refractivity contribution >= 4 is 11.9 Å². The van der Waals surface area contributed by atoms with E-state index in [4.69, 9.17) is 14.2 Å². The molecule has 0 N–H and O–H groups in total. The van der Waals surface area contributed by atoms with Gasteiger partial charge in [-0.2, -0.15) is 0 Å². The molecule has 1 saturated carbocycles. The molecule has 26 heavy (non-hydrogen) atoms. The quantitative estimate of drug-likeness (QED) is 0.769. The molecule has 0 bridgehead atoms. The van der Waals surface area contributed by atoms with Gasteiger partial charge in [-0.05, 0) is 73.6 Å². The number of rotatable bonds is 4. The minimum absolute atomic E-state index is 0.0728. The van der Waals surface area contributed by atoms with Crippen LogP contribution in [0.5, 0.6) is 5.75 Å². The van der Waals surface area contributed by atoms with Crippen molar-refractivity contribution in [1.29, 1.82) is 0 Å². The van der Waals surface area contributed by atoms with Crippen LogP contribution in [-0.4, -0.2) is 33.3 Å². The summed E-state index contributed by atoms with van der Waals surface area (Å²) in [7, 11) is 4.51. The number of carbonyl (C=O) groups excluding carboxylic acids is 2. The first-order chi connectivity index (χ1) is 12.4. The third kappa shape index (κ3) is 3.08. The van der Waals surface area contributed by atoms with Gasteiger partial charge in [0.05, 0.1) is 26.7 Å². The van der Waals surface area contributed by atoms with E-state index in [-0.39, 0.29) is 30.2 Å². The van der Waals surface area contributed by atoms with Crippen molar-refractivity contribution < 1.29 is 23.8 Å². The molecule has 0 aromatic heterocycles. The molecule has 2 aliphatic carbocycles.